The Kier molecular flexibility index (Phi) is 5.85. The molecule has 27 heavy (non-hydrogen) atoms. The zero-order chi connectivity index (χ0) is 19.4. The lowest BCUT2D eigenvalue weighted by molar-refractivity contribution is 0.0910. The Morgan fingerprint density at radius 1 is 1.04 bits per heavy atom. The molecular formula is C21H26N2O3S. The topological polar surface area (TPSA) is 75.3 Å². The highest BCUT2D eigenvalue weighted by atomic mass is 32.2. The van der Waals surface area contributed by atoms with Crippen LogP contribution in [-0.2, 0) is 10.0 Å². The zero-order valence-electron chi connectivity index (χ0n) is 15.7. The maximum absolute atomic E-state index is 12.7. The van der Waals surface area contributed by atoms with E-state index in [1.165, 1.54) is 18.6 Å². The van der Waals surface area contributed by atoms with Gasteiger partial charge >= 0.3 is 0 Å². The van der Waals surface area contributed by atoms with Crippen molar-refractivity contribution in [1.82, 2.24) is 5.32 Å². The number of benzene rings is 2. The van der Waals surface area contributed by atoms with Crippen molar-refractivity contribution in [3.8, 4) is 0 Å². The molecule has 0 unspecified atom stereocenters. The van der Waals surface area contributed by atoms with Crippen LogP contribution in [0.15, 0.2) is 53.4 Å². The van der Waals surface area contributed by atoms with Crippen LogP contribution in [0.5, 0.6) is 0 Å². The quantitative estimate of drug-likeness (QED) is 0.812. The summed E-state index contributed by atoms with van der Waals surface area (Å²) in [5.41, 5.74) is 1.82. The van der Waals surface area contributed by atoms with Crippen molar-refractivity contribution in [1.29, 1.82) is 0 Å². The lowest BCUT2D eigenvalue weighted by atomic mass is 9.86. The Morgan fingerprint density at radius 2 is 1.78 bits per heavy atom. The van der Waals surface area contributed by atoms with Gasteiger partial charge in [-0.05, 0) is 61.6 Å². The van der Waals surface area contributed by atoms with Crippen molar-refractivity contribution < 1.29 is 13.2 Å². The number of rotatable bonds is 5. The van der Waals surface area contributed by atoms with Gasteiger partial charge < -0.3 is 5.32 Å². The van der Waals surface area contributed by atoms with E-state index in [4.69, 9.17) is 0 Å². The van der Waals surface area contributed by atoms with Gasteiger partial charge in [0.2, 0.25) is 0 Å². The Bertz CT molecular complexity index is 925. The van der Waals surface area contributed by atoms with Crippen LogP contribution in [0.4, 0.5) is 5.69 Å². The largest absolute Gasteiger partial charge is 0.349 e. The van der Waals surface area contributed by atoms with Gasteiger partial charge in [-0.3, -0.25) is 9.52 Å². The Balaban J connectivity index is 1.76. The summed E-state index contributed by atoms with van der Waals surface area (Å²) in [5.74, 6) is 0.221. The number of hydrogen-bond donors (Lipinski definition) is 2. The summed E-state index contributed by atoms with van der Waals surface area (Å²) in [7, 11) is -3.76. The number of carbonyl (C=O) groups excluding carboxylic acids is 1. The molecule has 0 radical (unpaired) electrons. The highest BCUT2D eigenvalue weighted by Crippen LogP contribution is 2.24. The van der Waals surface area contributed by atoms with E-state index in [1.807, 2.05) is 13.0 Å². The van der Waals surface area contributed by atoms with Gasteiger partial charge in [-0.2, -0.15) is 0 Å². The average molecular weight is 387 g/mol. The van der Waals surface area contributed by atoms with Crippen LogP contribution in [0.2, 0.25) is 0 Å². The maximum atomic E-state index is 12.7. The summed E-state index contributed by atoms with van der Waals surface area (Å²) in [6, 6.07) is 13.5. The molecule has 1 fully saturated rings. The summed E-state index contributed by atoms with van der Waals surface area (Å²) in [4.78, 5) is 12.7. The maximum Gasteiger partial charge on any atom is 0.261 e. The first-order chi connectivity index (χ1) is 12.8. The molecule has 3 rings (SSSR count). The van der Waals surface area contributed by atoms with Crippen LogP contribution in [0, 0.1) is 12.8 Å². The summed E-state index contributed by atoms with van der Waals surface area (Å²) in [5, 5.41) is 3.07. The number of aryl methyl sites for hydroxylation is 1. The smallest absolute Gasteiger partial charge is 0.261 e. The second kappa shape index (κ2) is 8.13. The Morgan fingerprint density at radius 3 is 2.52 bits per heavy atom. The van der Waals surface area contributed by atoms with E-state index in [-0.39, 0.29) is 16.8 Å². The molecule has 6 heteroatoms. The molecule has 1 amide bonds. The van der Waals surface area contributed by atoms with Crippen molar-refractivity contribution in [2.75, 3.05) is 4.72 Å². The number of amides is 1. The molecule has 144 valence electrons. The number of nitrogens with one attached hydrogen (secondary N) is 2. The molecular weight excluding hydrogens is 360 g/mol. The number of sulfonamides is 1. The van der Waals surface area contributed by atoms with Gasteiger partial charge in [0.1, 0.15) is 0 Å². The van der Waals surface area contributed by atoms with Crippen LogP contribution < -0.4 is 10.0 Å². The Labute approximate surface area is 161 Å². The summed E-state index contributed by atoms with van der Waals surface area (Å²) >= 11 is 0. The molecule has 2 aromatic rings. The average Bonchev–Trinajstić information content (AvgIpc) is 2.63. The van der Waals surface area contributed by atoms with Gasteiger partial charge in [0.05, 0.1) is 4.90 Å². The van der Waals surface area contributed by atoms with E-state index in [9.17, 15) is 13.2 Å². The molecule has 1 aliphatic rings. The molecule has 0 aromatic heterocycles. The predicted octanol–water partition coefficient (Wildman–Crippen LogP) is 4.10. The molecule has 0 bridgehead atoms. The van der Waals surface area contributed by atoms with Crippen molar-refractivity contribution in [3.63, 3.8) is 0 Å². The van der Waals surface area contributed by atoms with Crippen LogP contribution >= 0.6 is 0 Å². The van der Waals surface area contributed by atoms with Crippen LogP contribution in [-0.4, -0.2) is 20.4 Å². The number of anilines is 1. The fraction of sp³-hybridized carbons (Fsp3) is 0.381. The fourth-order valence-electron chi connectivity index (χ4n) is 3.51. The highest BCUT2D eigenvalue weighted by Gasteiger charge is 2.24. The monoisotopic (exact) mass is 386 g/mol. The molecule has 1 saturated carbocycles. The molecule has 2 aromatic carbocycles. The highest BCUT2D eigenvalue weighted by molar-refractivity contribution is 7.92. The van der Waals surface area contributed by atoms with Crippen molar-refractivity contribution >= 4 is 21.6 Å². The predicted molar refractivity (Wildman–Crippen MR) is 107 cm³/mol. The van der Waals surface area contributed by atoms with Gasteiger partial charge in [-0.15, -0.1) is 0 Å². The molecule has 5 nitrogen and oxygen atoms in total. The normalized spacial score (nSPS) is 20.1. The van der Waals surface area contributed by atoms with Gasteiger partial charge in [0.15, 0.2) is 0 Å². The molecule has 0 heterocycles. The van der Waals surface area contributed by atoms with Crippen molar-refractivity contribution in [2.45, 2.75) is 50.5 Å². The SMILES string of the molecule is Cc1cccc(NS(=O)(=O)c2cccc(C(=O)N[C@H]3CCCC[C@H]3C)c2)c1. The van der Waals surface area contributed by atoms with E-state index in [1.54, 1.807) is 30.3 Å². The van der Waals surface area contributed by atoms with Crippen LogP contribution in [0.3, 0.4) is 0 Å². The zero-order valence-corrected chi connectivity index (χ0v) is 16.6. The minimum atomic E-state index is -3.76. The van der Waals surface area contributed by atoms with Gasteiger partial charge in [-0.25, -0.2) is 8.42 Å². The molecule has 2 atom stereocenters. The third kappa shape index (κ3) is 4.89. The summed E-state index contributed by atoms with van der Waals surface area (Å²) < 4.78 is 27.9. The van der Waals surface area contributed by atoms with Crippen molar-refractivity contribution in [3.05, 3.63) is 59.7 Å². The third-order valence-electron chi connectivity index (χ3n) is 5.10. The summed E-state index contributed by atoms with van der Waals surface area (Å²) in [6.45, 7) is 4.05. The summed E-state index contributed by atoms with van der Waals surface area (Å²) in [6.07, 6.45) is 4.40. The second-order valence-corrected chi connectivity index (χ2v) is 9.03. The fourth-order valence-corrected chi connectivity index (χ4v) is 4.60. The van der Waals surface area contributed by atoms with Crippen LogP contribution in [0.1, 0.15) is 48.5 Å². The molecule has 0 aliphatic heterocycles. The minimum Gasteiger partial charge on any atom is -0.349 e. The molecule has 2 N–H and O–H groups in total. The first kappa shape index (κ1) is 19.4. The van der Waals surface area contributed by atoms with Gasteiger partial charge in [0.25, 0.3) is 15.9 Å². The van der Waals surface area contributed by atoms with E-state index < -0.39 is 10.0 Å². The van der Waals surface area contributed by atoms with E-state index in [0.29, 0.717) is 17.2 Å². The van der Waals surface area contributed by atoms with Gasteiger partial charge in [0, 0.05) is 17.3 Å². The van der Waals surface area contributed by atoms with E-state index in [0.717, 1.165) is 24.8 Å². The third-order valence-corrected chi connectivity index (χ3v) is 6.48. The van der Waals surface area contributed by atoms with Crippen LogP contribution in [0.25, 0.3) is 0 Å². The number of carbonyl (C=O) groups is 1. The first-order valence-corrected chi connectivity index (χ1v) is 10.8. The minimum absolute atomic E-state index is 0.0772. The molecule has 0 saturated heterocycles. The lowest BCUT2D eigenvalue weighted by Gasteiger charge is -2.29. The molecule has 1 aliphatic carbocycles. The second-order valence-electron chi connectivity index (χ2n) is 7.34. The van der Waals surface area contributed by atoms with E-state index in [2.05, 4.69) is 17.0 Å². The molecule has 0 spiro atoms. The number of hydrogen-bond acceptors (Lipinski definition) is 3. The van der Waals surface area contributed by atoms with Crippen molar-refractivity contribution in [2.24, 2.45) is 5.92 Å². The van der Waals surface area contributed by atoms with Gasteiger partial charge in [-0.1, -0.05) is 38.0 Å². The first-order valence-electron chi connectivity index (χ1n) is 9.35. The lowest BCUT2D eigenvalue weighted by Crippen LogP contribution is -2.41. The Hall–Kier alpha value is -2.34. The van der Waals surface area contributed by atoms with E-state index >= 15 is 0 Å². The standard InChI is InChI=1S/C21H26N2O3S/c1-15-7-5-10-18(13-15)23-27(25,26)19-11-6-9-17(14-19)21(24)22-20-12-4-3-8-16(20)2/h5-7,9-11,13-14,16,20,23H,3-4,8,12H2,1-2H3,(H,22,24)/t16-,20+/m1/s1.